The summed E-state index contributed by atoms with van der Waals surface area (Å²) in [5, 5.41) is 19.9. The normalized spacial score (nSPS) is 17.0. The van der Waals surface area contributed by atoms with Crippen LogP contribution in [0.25, 0.3) is 0 Å². The number of imide groups is 1. The van der Waals surface area contributed by atoms with E-state index in [4.69, 9.17) is 31.6 Å². The number of anilines is 1. The molecule has 2 aromatic rings. The van der Waals surface area contributed by atoms with Crippen molar-refractivity contribution >= 4 is 41.0 Å². The molecule has 2 atom stereocenters. The van der Waals surface area contributed by atoms with Crippen LogP contribution in [0.4, 0.5) is 10.5 Å². The summed E-state index contributed by atoms with van der Waals surface area (Å²) in [6.45, 7) is 2.50. The molecule has 3 rings (SSSR count). The third kappa shape index (κ3) is 8.48. The summed E-state index contributed by atoms with van der Waals surface area (Å²) in [4.78, 5) is 45.3. The fourth-order valence-electron chi connectivity index (χ4n) is 4.47. The number of ether oxygens (including phenoxy) is 2. The zero-order chi connectivity index (χ0) is 29.9. The summed E-state index contributed by atoms with van der Waals surface area (Å²) < 4.78 is 10.4. The van der Waals surface area contributed by atoms with Crippen molar-refractivity contribution in [3.05, 3.63) is 58.1 Å². The van der Waals surface area contributed by atoms with Crippen LogP contribution in [-0.2, 0) is 20.8 Å². The van der Waals surface area contributed by atoms with Gasteiger partial charge < -0.3 is 35.8 Å². The summed E-state index contributed by atoms with van der Waals surface area (Å²) in [5.74, 6) is -1.35. The molecule has 13 heteroatoms. The van der Waals surface area contributed by atoms with Gasteiger partial charge in [0.25, 0.3) is 0 Å². The average molecular weight is 590 g/mol. The molecule has 3 amide bonds. The fraction of sp³-hybridized carbons (Fsp3) is 0.429. The molecular formula is C28H36ClN5O7. The number of benzene rings is 2. The van der Waals surface area contributed by atoms with Crippen LogP contribution in [0, 0.1) is 5.92 Å². The van der Waals surface area contributed by atoms with Crippen molar-refractivity contribution in [2.24, 2.45) is 11.1 Å². The van der Waals surface area contributed by atoms with Crippen LogP contribution in [0.2, 0.25) is 5.02 Å². The molecule has 222 valence electrons. The molecule has 0 radical (unpaired) electrons. The van der Waals surface area contributed by atoms with E-state index in [0.717, 1.165) is 10.5 Å². The number of hydrogen-bond donors (Lipinski definition) is 4. The molecule has 0 spiro atoms. The Bertz CT molecular complexity index is 1270. The molecule has 1 fully saturated rings. The van der Waals surface area contributed by atoms with Gasteiger partial charge in [-0.2, -0.15) is 0 Å². The van der Waals surface area contributed by atoms with Crippen LogP contribution < -0.4 is 21.1 Å². The second-order valence-corrected chi connectivity index (χ2v) is 9.91. The number of carboxylic acids is 1. The Morgan fingerprint density at radius 3 is 2.68 bits per heavy atom. The minimum absolute atomic E-state index is 0.0299. The third-order valence-electron chi connectivity index (χ3n) is 6.57. The van der Waals surface area contributed by atoms with E-state index in [1.807, 2.05) is 6.92 Å². The molecule has 1 aliphatic heterocycles. The van der Waals surface area contributed by atoms with Gasteiger partial charge in [-0.25, -0.2) is 9.59 Å². The number of halogens is 1. The lowest BCUT2D eigenvalue weighted by atomic mass is 9.97. The van der Waals surface area contributed by atoms with Gasteiger partial charge in [0.05, 0.1) is 37.8 Å². The standard InChI is InChI=1S/C28H36ClN5O7/c1-4-5-23(17-6-8-21(27(36)37)22(30)14-17)32-28(38)34-16-25(33-41-11-10-39-2)31-15-19(26(34)35)12-18-13-20(29)7-9-24(18)40-3/h6-9,13-14,19,23H,4-5,10-12,15-16,30H2,1-3H3,(H,31,33)(H,32,38)(H,36,37). The number of hydrogen-bond acceptors (Lipinski definition) is 8. The number of amides is 3. The third-order valence-corrected chi connectivity index (χ3v) is 6.80. The number of nitrogens with zero attached hydrogens (tertiary/aromatic N) is 2. The maximum absolute atomic E-state index is 13.8. The highest BCUT2D eigenvalue weighted by Crippen LogP contribution is 2.27. The summed E-state index contributed by atoms with van der Waals surface area (Å²) in [7, 11) is 3.07. The van der Waals surface area contributed by atoms with Crippen molar-refractivity contribution in [2.75, 3.05) is 46.3 Å². The predicted octanol–water partition coefficient (Wildman–Crippen LogP) is 3.45. The van der Waals surface area contributed by atoms with Gasteiger partial charge in [-0.05, 0) is 54.3 Å². The van der Waals surface area contributed by atoms with E-state index in [0.29, 0.717) is 41.6 Å². The van der Waals surface area contributed by atoms with Gasteiger partial charge in [0.2, 0.25) is 5.91 Å². The van der Waals surface area contributed by atoms with E-state index < -0.39 is 29.9 Å². The molecule has 12 nitrogen and oxygen atoms in total. The Balaban J connectivity index is 1.89. The number of urea groups is 1. The SMILES string of the molecule is CCCC(NC(=O)N1C/C(=N/OCCOC)NCC(Cc2cc(Cl)ccc2OC)C1=O)c1ccc(C(=O)O)c(N)c1. The second-order valence-electron chi connectivity index (χ2n) is 9.47. The molecule has 2 unspecified atom stereocenters. The van der Waals surface area contributed by atoms with Crippen LogP contribution in [0.15, 0.2) is 41.6 Å². The van der Waals surface area contributed by atoms with Gasteiger partial charge in [0, 0.05) is 24.4 Å². The Labute approximate surface area is 243 Å². The Morgan fingerprint density at radius 2 is 2.02 bits per heavy atom. The zero-order valence-electron chi connectivity index (χ0n) is 23.3. The van der Waals surface area contributed by atoms with Crippen molar-refractivity contribution in [3.63, 3.8) is 0 Å². The molecule has 0 saturated carbocycles. The number of nitrogen functional groups attached to an aromatic ring is 1. The summed E-state index contributed by atoms with van der Waals surface area (Å²) in [5.41, 5.74) is 7.35. The number of carbonyl (C=O) groups excluding carboxylic acids is 2. The quantitative estimate of drug-likeness (QED) is 0.165. The minimum atomic E-state index is -1.14. The molecule has 0 aliphatic carbocycles. The van der Waals surface area contributed by atoms with Gasteiger partial charge in [-0.1, -0.05) is 36.2 Å². The van der Waals surface area contributed by atoms with Gasteiger partial charge >= 0.3 is 12.0 Å². The predicted molar refractivity (Wildman–Crippen MR) is 154 cm³/mol. The molecule has 5 N–H and O–H groups in total. The van der Waals surface area contributed by atoms with Gasteiger partial charge in [-0.15, -0.1) is 0 Å². The lowest BCUT2D eigenvalue weighted by Crippen LogP contribution is -2.48. The van der Waals surface area contributed by atoms with E-state index in [-0.39, 0.29) is 37.4 Å². The lowest BCUT2D eigenvalue weighted by molar-refractivity contribution is -0.131. The average Bonchev–Trinajstić information content (AvgIpc) is 3.09. The second kappa shape index (κ2) is 15.1. The van der Waals surface area contributed by atoms with Crippen molar-refractivity contribution in [3.8, 4) is 5.75 Å². The first-order valence-corrected chi connectivity index (χ1v) is 13.5. The highest BCUT2D eigenvalue weighted by molar-refractivity contribution is 6.30. The van der Waals surface area contributed by atoms with E-state index in [1.165, 1.54) is 26.4 Å². The van der Waals surface area contributed by atoms with Crippen LogP contribution in [0.3, 0.4) is 0 Å². The number of methoxy groups -OCH3 is 2. The Kier molecular flexibility index (Phi) is 11.6. The number of carboxylic acid groups (broad SMARTS) is 1. The summed E-state index contributed by atoms with van der Waals surface area (Å²) >= 11 is 6.21. The first-order chi connectivity index (χ1) is 19.7. The van der Waals surface area contributed by atoms with E-state index in [9.17, 15) is 19.5 Å². The molecular weight excluding hydrogens is 554 g/mol. The molecule has 41 heavy (non-hydrogen) atoms. The van der Waals surface area contributed by atoms with Crippen LogP contribution in [-0.4, -0.2) is 74.3 Å². The van der Waals surface area contributed by atoms with Crippen LogP contribution >= 0.6 is 11.6 Å². The Hall–Kier alpha value is -4.03. The van der Waals surface area contributed by atoms with Crippen molar-refractivity contribution in [2.45, 2.75) is 32.2 Å². The lowest BCUT2D eigenvalue weighted by Gasteiger charge is -2.26. The number of carbonyl (C=O) groups is 3. The zero-order valence-corrected chi connectivity index (χ0v) is 24.1. The van der Waals surface area contributed by atoms with E-state index in [2.05, 4.69) is 15.8 Å². The molecule has 0 bridgehead atoms. The molecule has 1 saturated heterocycles. The first-order valence-electron chi connectivity index (χ1n) is 13.2. The summed E-state index contributed by atoms with van der Waals surface area (Å²) in [6.07, 6.45) is 1.49. The number of nitrogens with two attached hydrogens (primary N) is 1. The van der Waals surface area contributed by atoms with Crippen LogP contribution in [0.1, 0.15) is 47.3 Å². The first kappa shape index (κ1) is 31.5. The topological polar surface area (TPSA) is 165 Å². The highest BCUT2D eigenvalue weighted by Gasteiger charge is 2.35. The monoisotopic (exact) mass is 589 g/mol. The number of nitrogens with one attached hydrogen (secondary N) is 2. The van der Waals surface area contributed by atoms with Gasteiger partial charge in [0.1, 0.15) is 12.4 Å². The molecule has 1 heterocycles. The highest BCUT2D eigenvalue weighted by atomic mass is 35.5. The van der Waals surface area contributed by atoms with Crippen molar-refractivity contribution in [1.82, 2.24) is 15.5 Å². The number of oxime groups is 1. The smallest absolute Gasteiger partial charge is 0.337 e. The fourth-order valence-corrected chi connectivity index (χ4v) is 4.67. The molecule has 2 aromatic carbocycles. The maximum Gasteiger partial charge on any atom is 0.337 e. The van der Waals surface area contributed by atoms with Crippen molar-refractivity contribution < 1.29 is 33.8 Å². The largest absolute Gasteiger partial charge is 0.496 e. The van der Waals surface area contributed by atoms with E-state index >= 15 is 0 Å². The van der Waals surface area contributed by atoms with Gasteiger partial charge in [0.15, 0.2) is 5.84 Å². The Morgan fingerprint density at radius 1 is 1.24 bits per heavy atom. The minimum Gasteiger partial charge on any atom is -0.496 e. The van der Waals surface area contributed by atoms with E-state index in [1.54, 1.807) is 24.3 Å². The van der Waals surface area contributed by atoms with Crippen molar-refractivity contribution in [1.29, 1.82) is 0 Å². The molecule has 1 aliphatic rings. The number of rotatable bonds is 12. The summed E-state index contributed by atoms with van der Waals surface area (Å²) in [6, 6.07) is 8.54. The van der Waals surface area contributed by atoms with Gasteiger partial charge in [-0.3, -0.25) is 9.69 Å². The number of amidine groups is 1. The van der Waals surface area contributed by atoms with Crippen LogP contribution in [0.5, 0.6) is 5.75 Å². The number of aromatic carboxylic acids is 1. The maximum atomic E-state index is 13.8. The molecule has 0 aromatic heterocycles.